The van der Waals surface area contributed by atoms with Gasteiger partial charge in [-0.2, -0.15) is 5.10 Å². The van der Waals surface area contributed by atoms with E-state index in [0.717, 1.165) is 15.0 Å². The number of aromatic nitrogens is 2. The minimum atomic E-state index is 0.583. The predicted molar refractivity (Wildman–Crippen MR) is 71.6 cm³/mol. The summed E-state index contributed by atoms with van der Waals surface area (Å²) >= 11 is 2.24. The van der Waals surface area contributed by atoms with Gasteiger partial charge in [-0.15, -0.1) is 0 Å². The Morgan fingerprint density at radius 1 is 1.44 bits per heavy atom. The van der Waals surface area contributed by atoms with Crippen molar-refractivity contribution in [2.24, 2.45) is 7.05 Å². The summed E-state index contributed by atoms with van der Waals surface area (Å²) in [4.78, 5) is 0. The molecule has 0 aliphatic rings. The van der Waals surface area contributed by atoms with E-state index in [2.05, 4.69) is 27.7 Å². The summed E-state index contributed by atoms with van der Waals surface area (Å²) in [6.07, 6.45) is 0. The molecule has 0 bridgehead atoms. The van der Waals surface area contributed by atoms with Crippen LogP contribution in [0.3, 0.4) is 0 Å². The first-order chi connectivity index (χ1) is 7.58. The summed E-state index contributed by atoms with van der Waals surface area (Å²) in [6, 6.07) is 7.79. The van der Waals surface area contributed by atoms with Gasteiger partial charge in [-0.25, -0.2) is 4.68 Å². The van der Waals surface area contributed by atoms with Crippen LogP contribution in [-0.2, 0) is 7.05 Å². The zero-order chi connectivity index (χ0) is 11.7. The lowest BCUT2D eigenvalue weighted by Crippen LogP contribution is -1.97. The van der Waals surface area contributed by atoms with E-state index in [4.69, 9.17) is 10.5 Å². The molecule has 0 unspecified atom stereocenters. The highest BCUT2D eigenvalue weighted by Crippen LogP contribution is 2.29. The molecule has 2 N–H and O–H groups in total. The first-order valence-electron chi connectivity index (χ1n) is 4.80. The van der Waals surface area contributed by atoms with Crippen LogP contribution in [0.25, 0.3) is 0 Å². The Morgan fingerprint density at radius 3 is 2.75 bits per heavy atom. The van der Waals surface area contributed by atoms with Crippen molar-refractivity contribution in [1.82, 2.24) is 9.78 Å². The molecule has 0 radical (unpaired) electrons. The first-order valence-corrected chi connectivity index (χ1v) is 5.88. The summed E-state index contributed by atoms with van der Waals surface area (Å²) in [7, 11) is 1.81. The Bertz CT molecular complexity index is 522. The normalized spacial score (nSPS) is 10.4. The maximum atomic E-state index is 5.88. The molecule has 0 atom stereocenters. The molecule has 2 rings (SSSR count). The number of benzene rings is 1. The van der Waals surface area contributed by atoms with Gasteiger partial charge in [0, 0.05) is 10.6 Å². The maximum Gasteiger partial charge on any atom is 0.241 e. The van der Waals surface area contributed by atoms with Gasteiger partial charge < -0.3 is 10.5 Å². The number of hydrogen-bond acceptors (Lipinski definition) is 3. The van der Waals surface area contributed by atoms with Gasteiger partial charge in [0.1, 0.15) is 11.4 Å². The smallest absolute Gasteiger partial charge is 0.241 e. The lowest BCUT2D eigenvalue weighted by Gasteiger charge is -2.06. The Labute approximate surface area is 108 Å². The second-order valence-corrected chi connectivity index (χ2v) is 4.73. The van der Waals surface area contributed by atoms with Crippen molar-refractivity contribution < 1.29 is 4.74 Å². The van der Waals surface area contributed by atoms with E-state index in [9.17, 15) is 0 Å². The molecule has 84 valence electrons. The van der Waals surface area contributed by atoms with Gasteiger partial charge >= 0.3 is 0 Å². The Hall–Kier alpha value is -1.24. The second-order valence-electron chi connectivity index (χ2n) is 3.49. The lowest BCUT2D eigenvalue weighted by molar-refractivity contribution is 0.432. The molecule has 0 saturated carbocycles. The molecule has 0 fully saturated rings. The highest BCUT2D eigenvalue weighted by molar-refractivity contribution is 14.1. The fourth-order valence-corrected chi connectivity index (χ4v) is 1.93. The van der Waals surface area contributed by atoms with Crippen LogP contribution < -0.4 is 10.5 Å². The first kappa shape index (κ1) is 11.3. The van der Waals surface area contributed by atoms with Gasteiger partial charge in [0.15, 0.2) is 0 Å². The third-order valence-electron chi connectivity index (χ3n) is 2.22. The molecule has 16 heavy (non-hydrogen) atoms. The monoisotopic (exact) mass is 329 g/mol. The Balaban J connectivity index is 2.34. The summed E-state index contributed by atoms with van der Waals surface area (Å²) in [5, 5.41) is 4.19. The maximum absolute atomic E-state index is 5.88. The van der Waals surface area contributed by atoms with Gasteiger partial charge in [-0.3, -0.25) is 0 Å². The van der Waals surface area contributed by atoms with E-state index in [1.165, 1.54) is 0 Å². The zero-order valence-electron chi connectivity index (χ0n) is 9.07. The summed E-state index contributed by atoms with van der Waals surface area (Å²) in [5.74, 6) is 1.35. The van der Waals surface area contributed by atoms with Crippen molar-refractivity contribution in [1.29, 1.82) is 0 Å². The second kappa shape index (κ2) is 4.32. The SMILES string of the molecule is Cc1nn(C)c(Oc2cccc(I)c2)c1N. The molecule has 0 aliphatic carbocycles. The van der Waals surface area contributed by atoms with Crippen LogP contribution in [0, 0.1) is 10.5 Å². The van der Waals surface area contributed by atoms with Crippen LogP contribution in [-0.4, -0.2) is 9.78 Å². The molecule has 0 spiro atoms. The summed E-state index contributed by atoms with van der Waals surface area (Å²) in [6.45, 7) is 1.86. The Kier molecular flexibility index (Phi) is 3.04. The Morgan fingerprint density at radius 2 is 2.19 bits per heavy atom. The molecule has 1 heterocycles. The van der Waals surface area contributed by atoms with Crippen LogP contribution in [0.4, 0.5) is 5.69 Å². The molecule has 5 heteroatoms. The number of nitrogens with two attached hydrogens (primary N) is 1. The standard InChI is InChI=1S/C11H12IN3O/c1-7-10(13)11(15(2)14-7)16-9-5-3-4-8(12)6-9/h3-6H,13H2,1-2H3. The van der Waals surface area contributed by atoms with Crippen LogP contribution in [0.1, 0.15) is 5.69 Å². The van der Waals surface area contributed by atoms with Gasteiger partial charge in [-0.1, -0.05) is 6.07 Å². The van der Waals surface area contributed by atoms with Gasteiger partial charge in [0.25, 0.3) is 0 Å². The number of anilines is 1. The third kappa shape index (κ3) is 2.13. The molecule has 2 aromatic rings. The van der Waals surface area contributed by atoms with Crippen LogP contribution in [0.15, 0.2) is 24.3 Å². The lowest BCUT2D eigenvalue weighted by atomic mass is 10.3. The molecule has 0 saturated heterocycles. The molecular formula is C11H12IN3O. The van der Waals surface area contributed by atoms with Crippen molar-refractivity contribution in [3.05, 3.63) is 33.5 Å². The molecular weight excluding hydrogens is 317 g/mol. The van der Waals surface area contributed by atoms with Crippen molar-refractivity contribution in [2.75, 3.05) is 5.73 Å². The molecule has 0 aliphatic heterocycles. The van der Waals surface area contributed by atoms with Crippen molar-refractivity contribution in [3.8, 4) is 11.6 Å². The molecule has 0 amide bonds. The van der Waals surface area contributed by atoms with Crippen molar-refractivity contribution in [3.63, 3.8) is 0 Å². The average molecular weight is 329 g/mol. The van der Waals surface area contributed by atoms with Gasteiger partial charge in [-0.05, 0) is 47.7 Å². The van der Waals surface area contributed by atoms with Gasteiger partial charge in [0.05, 0.1) is 5.69 Å². The third-order valence-corrected chi connectivity index (χ3v) is 2.90. The zero-order valence-corrected chi connectivity index (χ0v) is 11.2. The summed E-state index contributed by atoms with van der Waals surface area (Å²) < 4.78 is 8.47. The molecule has 4 nitrogen and oxygen atoms in total. The minimum Gasteiger partial charge on any atom is -0.437 e. The number of rotatable bonds is 2. The highest BCUT2D eigenvalue weighted by atomic mass is 127. The number of nitrogens with zero attached hydrogens (tertiary/aromatic N) is 2. The highest BCUT2D eigenvalue weighted by Gasteiger charge is 2.12. The van der Waals surface area contributed by atoms with E-state index in [0.29, 0.717) is 11.6 Å². The van der Waals surface area contributed by atoms with E-state index in [-0.39, 0.29) is 0 Å². The average Bonchev–Trinajstić information content (AvgIpc) is 2.45. The van der Waals surface area contributed by atoms with Gasteiger partial charge in [0.2, 0.25) is 5.88 Å². The van der Waals surface area contributed by atoms with Crippen LogP contribution >= 0.6 is 22.6 Å². The predicted octanol–water partition coefficient (Wildman–Crippen LogP) is 2.71. The van der Waals surface area contributed by atoms with Crippen LogP contribution in [0.2, 0.25) is 0 Å². The largest absolute Gasteiger partial charge is 0.437 e. The number of nitrogen functional groups attached to an aromatic ring is 1. The fraction of sp³-hybridized carbons (Fsp3) is 0.182. The quantitative estimate of drug-likeness (QED) is 0.862. The van der Waals surface area contributed by atoms with Crippen molar-refractivity contribution >= 4 is 28.3 Å². The summed E-state index contributed by atoms with van der Waals surface area (Å²) in [5.41, 5.74) is 7.24. The number of aryl methyl sites for hydroxylation is 2. The van der Waals surface area contributed by atoms with E-state index >= 15 is 0 Å². The van der Waals surface area contributed by atoms with E-state index in [1.807, 2.05) is 38.2 Å². The van der Waals surface area contributed by atoms with E-state index in [1.54, 1.807) is 4.68 Å². The van der Waals surface area contributed by atoms with E-state index < -0.39 is 0 Å². The van der Waals surface area contributed by atoms with Crippen LogP contribution in [0.5, 0.6) is 11.6 Å². The topological polar surface area (TPSA) is 53.1 Å². The molecule has 1 aromatic carbocycles. The van der Waals surface area contributed by atoms with Crippen molar-refractivity contribution in [2.45, 2.75) is 6.92 Å². The fourth-order valence-electron chi connectivity index (χ4n) is 1.42. The number of halogens is 1. The number of hydrogen-bond donors (Lipinski definition) is 1. The number of ether oxygens (including phenoxy) is 1. The minimum absolute atomic E-state index is 0.583. The molecule has 1 aromatic heterocycles.